The van der Waals surface area contributed by atoms with Crippen LogP contribution in [0.3, 0.4) is 0 Å². The highest BCUT2D eigenvalue weighted by Gasteiger charge is 2.30. The molecular weight excluding hydrogens is 340 g/mol. The Hall–Kier alpha value is -2.34. The van der Waals surface area contributed by atoms with Crippen molar-refractivity contribution in [1.29, 1.82) is 0 Å². The first-order valence-corrected chi connectivity index (χ1v) is 8.69. The number of nitrogens with zero attached hydrogens (tertiary/aromatic N) is 3. The monoisotopic (exact) mass is 360 g/mol. The minimum absolute atomic E-state index is 0.0715. The van der Waals surface area contributed by atoms with Gasteiger partial charge in [0.05, 0.1) is 11.7 Å². The van der Waals surface area contributed by atoms with Crippen LogP contribution in [0.4, 0.5) is 0 Å². The standard InChI is InChI=1S/C18H21ClN4O2/c1-13-5-8-23(21-13)12-17(24)20-16-10-18(25)22(11-16)7-6-14-3-2-4-15(19)9-14/h2-5,8-9,16H,6-7,10-12H2,1H3,(H,20,24). The van der Waals surface area contributed by atoms with E-state index in [2.05, 4.69) is 10.4 Å². The first-order valence-electron chi connectivity index (χ1n) is 8.31. The Morgan fingerprint density at radius 3 is 2.96 bits per heavy atom. The molecule has 1 N–H and O–H groups in total. The summed E-state index contributed by atoms with van der Waals surface area (Å²) in [7, 11) is 0. The zero-order valence-corrected chi connectivity index (χ0v) is 14.9. The van der Waals surface area contributed by atoms with Crippen LogP contribution in [0.25, 0.3) is 0 Å². The second kappa shape index (κ2) is 7.70. The van der Waals surface area contributed by atoms with Crippen LogP contribution >= 0.6 is 11.6 Å². The second-order valence-corrected chi connectivity index (χ2v) is 6.78. The van der Waals surface area contributed by atoms with Crippen LogP contribution in [-0.2, 0) is 22.6 Å². The number of amides is 2. The number of carbonyl (C=O) groups is 2. The van der Waals surface area contributed by atoms with Gasteiger partial charge in [-0.2, -0.15) is 5.10 Å². The van der Waals surface area contributed by atoms with Crippen LogP contribution in [-0.4, -0.2) is 45.6 Å². The Morgan fingerprint density at radius 1 is 1.40 bits per heavy atom. The molecule has 1 aliphatic rings. The average Bonchev–Trinajstić information content (AvgIpc) is 3.10. The molecule has 25 heavy (non-hydrogen) atoms. The molecule has 3 rings (SSSR count). The lowest BCUT2D eigenvalue weighted by atomic mass is 10.1. The van der Waals surface area contributed by atoms with Crippen LogP contribution in [0, 0.1) is 6.92 Å². The van der Waals surface area contributed by atoms with Crippen molar-refractivity contribution in [2.45, 2.75) is 32.4 Å². The van der Waals surface area contributed by atoms with Gasteiger partial charge < -0.3 is 10.2 Å². The number of halogens is 1. The topological polar surface area (TPSA) is 67.2 Å². The predicted octanol–water partition coefficient (Wildman–Crippen LogP) is 1.80. The van der Waals surface area contributed by atoms with Gasteiger partial charge in [-0.3, -0.25) is 14.3 Å². The molecule has 0 aliphatic carbocycles. The molecule has 0 spiro atoms. The summed E-state index contributed by atoms with van der Waals surface area (Å²) < 4.78 is 1.60. The molecule has 132 valence electrons. The summed E-state index contributed by atoms with van der Waals surface area (Å²) in [4.78, 5) is 26.0. The van der Waals surface area contributed by atoms with Crippen molar-refractivity contribution >= 4 is 23.4 Å². The minimum atomic E-state index is -0.143. The molecular formula is C18H21ClN4O2. The third kappa shape index (κ3) is 4.82. The van der Waals surface area contributed by atoms with Crippen LogP contribution in [0.5, 0.6) is 0 Å². The molecule has 7 heteroatoms. The largest absolute Gasteiger partial charge is 0.349 e. The van der Waals surface area contributed by atoms with Gasteiger partial charge in [0.2, 0.25) is 11.8 Å². The zero-order chi connectivity index (χ0) is 17.8. The van der Waals surface area contributed by atoms with E-state index in [0.29, 0.717) is 24.5 Å². The second-order valence-electron chi connectivity index (χ2n) is 6.34. The number of hydrogen-bond donors (Lipinski definition) is 1. The molecule has 1 aromatic carbocycles. The van der Waals surface area contributed by atoms with E-state index < -0.39 is 0 Å². The van der Waals surface area contributed by atoms with Crippen LogP contribution in [0.1, 0.15) is 17.7 Å². The zero-order valence-electron chi connectivity index (χ0n) is 14.1. The maximum atomic E-state index is 12.1. The van der Waals surface area contributed by atoms with E-state index in [4.69, 9.17) is 11.6 Å². The molecule has 1 aliphatic heterocycles. The maximum absolute atomic E-state index is 12.1. The van der Waals surface area contributed by atoms with Gasteiger partial charge >= 0.3 is 0 Å². The van der Waals surface area contributed by atoms with E-state index in [9.17, 15) is 9.59 Å². The van der Waals surface area contributed by atoms with E-state index in [1.165, 1.54) is 0 Å². The van der Waals surface area contributed by atoms with Crippen molar-refractivity contribution in [1.82, 2.24) is 20.0 Å². The summed E-state index contributed by atoms with van der Waals surface area (Å²) in [5.74, 6) is -0.0557. The van der Waals surface area contributed by atoms with Crippen molar-refractivity contribution < 1.29 is 9.59 Å². The molecule has 1 atom stereocenters. The summed E-state index contributed by atoms with van der Waals surface area (Å²) in [5.41, 5.74) is 1.97. The lowest BCUT2D eigenvalue weighted by molar-refractivity contribution is -0.127. The van der Waals surface area contributed by atoms with Gasteiger partial charge in [-0.25, -0.2) is 0 Å². The minimum Gasteiger partial charge on any atom is -0.349 e. The summed E-state index contributed by atoms with van der Waals surface area (Å²) in [6.07, 6.45) is 2.87. The van der Waals surface area contributed by atoms with Gasteiger partial charge in [-0.15, -0.1) is 0 Å². The summed E-state index contributed by atoms with van der Waals surface area (Å²) >= 11 is 5.98. The molecule has 1 unspecified atom stereocenters. The number of rotatable bonds is 6. The summed E-state index contributed by atoms with van der Waals surface area (Å²) in [6.45, 7) is 3.22. The fraction of sp³-hybridized carbons (Fsp3) is 0.389. The Morgan fingerprint density at radius 2 is 2.24 bits per heavy atom. The molecule has 0 radical (unpaired) electrons. The number of carbonyl (C=O) groups excluding carboxylic acids is 2. The third-order valence-electron chi connectivity index (χ3n) is 4.22. The molecule has 2 heterocycles. The van der Waals surface area contributed by atoms with Gasteiger partial charge in [0.1, 0.15) is 6.54 Å². The maximum Gasteiger partial charge on any atom is 0.242 e. The van der Waals surface area contributed by atoms with E-state index >= 15 is 0 Å². The van der Waals surface area contributed by atoms with Gasteiger partial charge in [-0.1, -0.05) is 23.7 Å². The Bertz CT molecular complexity index is 774. The highest BCUT2D eigenvalue weighted by atomic mass is 35.5. The van der Waals surface area contributed by atoms with Gasteiger partial charge in [0, 0.05) is 30.7 Å². The third-order valence-corrected chi connectivity index (χ3v) is 4.45. The fourth-order valence-corrected chi connectivity index (χ4v) is 3.23. The van der Waals surface area contributed by atoms with Crippen LogP contribution in [0.2, 0.25) is 5.02 Å². The van der Waals surface area contributed by atoms with E-state index in [1.54, 1.807) is 15.8 Å². The van der Waals surface area contributed by atoms with E-state index in [-0.39, 0.29) is 24.4 Å². The highest BCUT2D eigenvalue weighted by molar-refractivity contribution is 6.30. The smallest absolute Gasteiger partial charge is 0.242 e. The Balaban J connectivity index is 1.47. The molecule has 1 saturated heterocycles. The van der Waals surface area contributed by atoms with Gasteiger partial charge in [-0.05, 0) is 37.1 Å². The molecule has 1 aromatic heterocycles. The Kier molecular flexibility index (Phi) is 5.38. The quantitative estimate of drug-likeness (QED) is 0.854. The Labute approximate surface area is 151 Å². The van der Waals surface area contributed by atoms with E-state index in [1.807, 2.05) is 37.3 Å². The molecule has 6 nitrogen and oxygen atoms in total. The molecule has 2 aromatic rings. The normalized spacial score (nSPS) is 17.1. The van der Waals surface area contributed by atoms with Crippen molar-refractivity contribution in [3.8, 4) is 0 Å². The number of nitrogens with one attached hydrogen (secondary N) is 1. The van der Waals surface area contributed by atoms with Gasteiger partial charge in [0.15, 0.2) is 0 Å². The number of aryl methyl sites for hydroxylation is 1. The number of benzene rings is 1. The first-order chi connectivity index (χ1) is 12.0. The van der Waals surface area contributed by atoms with Crippen molar-refractivity contribution in [2.24, 2.45) is 0 Å². The van der Waals surface area contributed by atoms with Crippen molar-refractivity contribution in [3.05, 3.63) is 52.8 Å². The molecule has 0 bridgehead atoms. The summed E-state index contributed by atoms with van der Waals surface area (Å²) in [6, 6.07) is 9.35. The predicted molar refractivity (Wildman–Crippen MR) is 95.2 cm³/mol. The summed E-state index contributed by atoms with van der Waals surface area (Å²) in [5, 5.41) is 7.81. The van der Waals surface area contributed by atoms with Gasteiger partial charge in [0.25, 0.3) is 0 Å². The fourth-order valence-electron chi connectivity index (χ4n) is 3.01. The van der Waals surface area contributed by atoms with Crippen molar-refractivity contribution in [2.75, 3.05) is 13.1 Å². The average molecular weight is 361 g/mol. The van der Waals surface area contributed by atoms with Crippen LogP contribution < -0.4 is 5.32 Å². The highest BCUT2D eigenvalue weighted by Crippen LogP contribution is 2.15. The first kappa shape index (κ1) is 17.5. The molecule has 0 saturated carbocycles. The SMILES string of the molecule is Cc1ccn(CC(=O)NC2CC(=O)N(CCc3cccc(Cl)c3)C2)n1. The van der Waals surface area contributed by atoms with Crippen LogP contribution in [0.15, 0.2) is 36.5 Å². The number of likely N-dealkylation sites (tertiary alicyclic amines) is 1. The lowest BCUT2D eigenvalue weighted by Crippen LogP contribution is -2.39. The number of aromatic nitrogens is 2. The lowest BCUT2D eigenvalue weighted by Gasteiger charge is -2.17. The molecule has 1 fully saturated rings. The number of hydrogen-bond acceptors (Lipinski definition) is 3. The van der Waals surface area contributed by atoms with Crippen molar-refractivity contribution in [3.63, 3.8) is 0 Å². The van der Waals surface area contributed by atoms with E-state index in [0.717, 1.165) is 17.7 Å². The molecule has 2 amide bonds.